The number of hydrogen-bond acceptors (Lipinski definition) is 3. The van der Waals surface area contributed by atoms with Gasteiger partial charge < -0.3 is 0 Å². The summed E-state index contributed by atoms with van der Waals surface area (Å²) in [6.45, 7) is 0. The molecule has 0 bridgehead atoms. The van der Waals surface area contributed by atoms with Crippen molar-refractivity contribution in [2.24, 2.45) is 0 Å². The molecular formula is CH3Cl3O3STe. The Hall–Kier alpha value is 1.57. The zero-order chi connectivity index (χ0) is 7.71. The first-order chi connectivity index (χ1) is 3.71. The maximum absolute atomic E-state index is 10.2. The molecule has 0 saturated heterocycles. The van der Waals surface area contributed by atoms with Gasteiger partial charge in [-0.15, -0.1) is 0 Å². The predicted molar refractivity (Wildman–Crippen MR) is 39.2 cm³/mol. The molecule has 58 valence electrons. The molecular weight excluding hydrogens is 326 g/mol. The van der Waals surface area contributed by atoms with E-state index in [9.17, 15) is 8.42 Å². The van der Waals surface area contributed by atoms with E-state index in [-0.39, 0.29) is 0 Å². The van der Waals surface area contributed by atoms with Gasteiger partial charge in [0.15, 0.2) is 0 Å². The van der Waals surface area contributed by atoms with Crippen LogP contribution in [0, 0.1) is 0 Å². The molecule has 0 aliphatic heterocycles. The molecule has 0 fully saturated rings. The Bertz CT molecular complexity index is 180. The summed E-state index contributed by atoms with van der Waals surface area (Å²) in [5.41, 5.74) is 0. The molecule has 0 unspecified atom stereocenters. The minimum atomic E-state index is -3.93. The monoisotopic (exact) mass is 330 g/mol. The van der Waals surface area contributed by atoms with E-state index in [1.165, 1.54) is 0 Å². The van der Waals surface area contributed by atoms with Crippen LogP contribution in [0.5, 0.6) is 0 Å². The molecule has 0 amide bonds. The number of rotatable bonds is 2. The molecule has 0 aromatic rings. The molecule has 0 atom stereocenters. The summed E-state index contributed by atoms with van der Waals surface area (Å²) in [6, 6.07) is 0. The van der Waals surface area contributed by atoms with Crippen LogP contribution in [0.3, 0.4) is 0 Å². The Balaban J connectivity index is 4.07. The second-order valence-corrected chi connectivity index (χ2v) is 17.8. The molecule has 0 rings (SSSR count). The third kappa shape index (κ3) is 9.57. The van der Waals surface area contributed by atoms with Gasteiger partial charge >= 0.3 is 69.5 Å². The summed E-state index contributed by atoms with van der Waals surface area (Å²) in [4.78, 5) is 0. The Morgan fingerprint density at radius 3 is 1.67 bits per heavy atom. The van der Waals surface area contributed by atoms with Crippen LogP contribution in [0.4, 0.5) is 0 Å². The fourth-order valence-corrected chi connectivity index (χ4v) is 8.46. The molecule has 0 aliphatic rings. The average molecular weight is 329 g/mol. The summed E-state index contributed by atoms with van der Waals surface area (Å²) in [5, 5.41) is 0. The van der Waals surface area contributed by atoms with E-state index in [1.54, 1.807) is 0 Å². The second kappa shape index (κ2) is 3.31. The maximum atomic E-state index is 10.2. The molecule has 0 N–H and O–H groups in total. The SMILES string of the molecule is CS(=O)(=O)O[Te](Cl)(Cl)Cl. The van der Waals surface area contributed by atoms with Crippen LogP contribution in [-0.4, -0.2) is 29.9 Å². The van der Waals surface area contributed by atoms with Crippen molar-refractivity contribution in [1.29, 1.82) is 0 Å². The van der Waals surface area contributed by atoms with Gasteiger partial charge in [0.1, 0.15) is 0 Å². The first-order valence-corrected chi connectivity index (χ1v) is 13.2. The van der Waals surface area contributed by atoms with Crippen molar-refractivity contribution in [1.82, 2.24) is 0 Å². The third-order valence-electron chi connectivity index (χ3n) is 0.201. The molecule has 9 heavy (non-hydrogen) atoms. The molecule has 3 nitrogen and oxygen atoms in total. The standard InChI is InChI=1S/CH3Cl3O3STe/c1-8(5,6)7-9(2,3)4/h1H3. The van der Waals surface area contributed by atoms with E-state index in [0.29, 0.717) is 0 Å². The van der Waals surface area contributed by atoms with Gasteiger partial charge in [-0.3, -0.25) is 0 Å². The Labute approximate surface area is 68.9 Å². The first kappa shape index (κ1) is 10.6. The number of hydrogen-bond donors (Lipinski definition) is 0. The fraction of sp³-hybridized carbons (Fsp3) is 1.00. The van der Waals surface area contributed by atoms with Crippen molar-refractivity contribution in [3.63, 3.8) is 0 Å². The van der Waals surface area contributed by atoms with Gasteiger partial charge in [-0.2, -0.15) is 0 Å². The predicted octanol–water partition coefficient (Wildman–Crippen LogP) is 1.11. The van der Waals surface area contributed by atoms with Crippen LogP contribution in [0.1, 0.15) is 0 Å². The summed E-state index contributed by atoms with van der Waals surface area (Å²) in [7, 11) is 11.8. The Morgan fingerprint density at radius 2 is 1.67 bits per heavy atom. The summed E-state index contributed by atoms with van der Waals surface area (Å²) >= 11 is -3.93. The van der Waals surface area contributed by atoms with Crippen molar-refractivity contribution in [3.05, 3.63) is 0 Å². The van der Waals surface area contributed by atoms with Crippen molar-refractivity contribution >= 4 is 52.2 Å². The molecule has 0 aromatic carbocycles. The first-order valence-electron chi connectivity index (χ1n) is 1.54. The van der Waals surface area contributed by atoms with Gasteiger partial charge in [-0.25, -0.2) is 0 Å². The van der Waals surface area contributed by atoms with Gasteiger partial charge in [-0.1, -0.05) is 0 Å². The molecule has 0 aliphatic carbocycles. The van der Waals surface area contributed by atoms with Gasteiger partial charge in [0.2, 0.25) is 0 Å². The number of halogens is 3. The van der Waals surface area contributed by atoms with Crippen LogP contribution < -0.4 is 0 Å². The third-order valence-corrected chi connectivity index (χ3v) is 7.15. The molecule has 0 radical (unpaired) electrons. The van der Waals surface area contributed by atoms with Gasteiger partial charge in [0.05, 0.1) is 0 Å². The normalized spacial score (nSPS) is 15.6. The minimum absolute atomic E-state index is 0.834. The zero-order valence-corrected chi connectivity index (χ0v) is 9.59. The van der Waals surface area contributed by atoms with Crippen LogP contribution >= 0.6 is 26.9 Å². The van der Waals surface area contributed by atoms with Crippen molar-refractivity contribution in [2.75, 3.05) is 6.26 Å². The molecule has 0 spiro atoms. The quantitative estimate of drug-likeness (QED) is 0.713. The zero-order valence-electron chi connectivity index (χ0n) is 4.18. The van der Waals surface area contributed by atoms with Gasteiger partial charge in [-0.05, 0) is 0 Å². The second-order valence-electron chi connectivity index (χ2n) is 1.14. The van der Waals surface area contributed by atoms with Crippen LogP contribution in [-0.2, 0) is 12.7 Å². The molecule has 0 aromatic heterocycles. The molecule has 8 heteroatoms. The average Bonchev–Trinajstić information content (AvgIpc) is 1.14. The van der Waals surface area contributed by atoms with Crippen molar-refractivity contribution in [3.8, 4) is 0 Å². The summed E-state index contributed by atoms with van der Waals surface area (Å²) in [5.74, 6) is 0. The van der Waals surface area contributed by atoms with Crippen LogP contribution in [0.2, 0.25) is 0 Å². The van der Waals surface area contributed by atoms with E-state index < -0.39 is 25.4 Å². The van der Waals surface area contributed by atoms with Crippen LogP contribution in [0.15, 0.2) is 0 Å². The fourth-order valence-electron chi connectivity index (χ4n) is 0.140. The summed E-state index contributed by atoms with van der Waals surface area (Å²) in [6.07, 6.45) is 0.834. The van der Waals surface area contributed by atoms with Crippen LogP contribution in [0.25, 0.3) is 0 Å². The van der Waals surface area contributed by atoms with E-state index in [2.05, 4.69) is 2.55 Å². The van der Waals surface area contributed by atoms with E-state index in [0.717, 1.165) is 6.26 Å². The van der Waals surface area contributed by atoms with E-state index in [1.807, 2.05) is 0 Å². The topological polar surface area (TPSA) is 43.4 Å². The molecule has 0 heterocycles. The Morgan fingerprint density at radius 1 is 1.33 bits per heavy atom. The van der Waals surface area contributed by atoms with E-state index in [4.69, 9.17) is 26.9 Å². The Kier molecular flexibility index (Phi) is 3.89. The van der Waals surface area contributed by atoms with Gasteiger partial charge in [0.25, 0.3) is 0 Å². The van der Waals surface area contributed by atoms with E-state index >= 15 is 0 Å². The van der Waals surface area contributed by atoms with Crippen molar-refractivity contribution in [2.45, 2.75) is 0 Å². The molecule has 0 saturated carbocycles. The van der Waals surface area contributed by atoms with Gasteiger partial charge in [0, 0.05) is 0 Å². The summed E-state index contributed by atoms with van der Waals surface area (Å²) < 4.78 is 24.5. The van der Waals surface area contributed by atoms with Crippen molar-refractivity contribution < 1.29 is 11.0 Å².